The van der Waals surface area contributed by atoms with Crippen LogP contribution in [0.3, 0.4) is 0 Å². The third-order valence-electron chi connectivity index (χ3n) is 5.33. The van der Waals surface area contributed by atoms with Gasteiger partial charge in [0.15, 0.2) is 0 Å². The number of hydrogen-bond acceptors (Lipinski definition) is 6. The van der Waals surface area contributed by atoms with E-state index in [9.17, 15) is 9.59 Å². The maximum Gasteiger partial charge on any atom is 0.336 e. The Labute approximate surface area is 179 Å². The van der Waals surface area contributed by atoms with Crippen LogP contribution in [0.4, 0.5) is 0 Å². The minimum atomic E-state index is -0.509. The van der Waals surface area contributed by atoms with Gasteiger partial charge >= 0.3 is 11.6 Å². The highest BCUT2D eigenvalue weighted by molar-refractivity contribution is 5.87. The van der Waals surface area contributed by atoms with E-state index in [4.69, 9.17) is 18.6 Å². The molecule has 1 heterocycles. The van der Waals surface area contributed by atoms with Crippen LogP contribution >= 0.6 is 0 Å². The highest BCUT2D eigenvalue weighted by atomic mass is 16.5. The van der Waals surface area contributed by atoms with Gasteiger partial charge in [0.05, 0.1) is 20.1 Å². The van der Waals surface area contributed by atoms with Gasteiger partial charge in [0, 0.05) is 23.1 Å². The van der Waals surface area contributed by atoms with E-state index in [2.05, 4.69) is 0 Å². The molecule has 1 atom stereocenters. The lowest BCUT2D eigenvalue weighted by atomic mass is 9.98. The molecule has 31 heavy (non-hydrogen) atoms. The highest BCUT2D eigenvalue weighted by Gasteiger charge is 2.18. The number of carbonyl (C=O) groups excluding carboxylic acids is 1. The Bertz CT molecular complexity index is 1320. The van der Waals surface area contributed by atoms with E-state index in [0.29, 0.717) is 22.3 Å². The molecule has 0 aliphatic carbocycles. The van der Waals surface area contributed by atoms with E-state index in [1.54, 1.807) is 32.2 Å². The molecule has 0 N–H and O–H groups in total. The molecule has 0 saturated carbocycles. The maximum absolute atomic E-state index is 12.7. The standard InChI is InChI=1S/C25H22O6/c1-15(16-4-5-18-11-20(28-2)7-6-17(18)10-16)25(27)30-14-19-12-24(26)31-23-13-21(29-3)8-9-22(19)23/h4-13,15H,14H2,1-3H3/t15-/m0/s1. The van der Waals surface area contributed by atoms with Crippen molar-refractivity contribution in [3.05, 3.63) is 82.2 Å². The summed E-state index contributed by atoms with van der Waals surface area (Å²) in [5.74, 6) is 0.526. The summed E-state index contributed by atoms with van der Waals surface area (Å²) in [5, 5.41) is 2.74. The van der Waals surface area contributed by atoms with Gasteiger partial charge in [-0.25, -0.2) is 4.79 Å². The number of benzene rings is 3. The first-order valence-electron chi connectivity index (χ1n) is 9.83. The molecule has 0 aliphatic rings. The SMILES string of the molecule is COc1ccc2cc([C@H](C)C(=O)OCc3cc(=O)oc4cc(OC)ccc34)ccc2c1. The molecule has 6 heteroatoms. The molecule has 3 aromatic carbocycles. The number of carbonyl (C=O) groups is 1. The molecule has 0 radical (unpaired) electrons. The molecule has 0 unspecified atom stereocenters. The average Bonchev–Trinajstić information content (AvgIpc) is 2.80. The second-order valence-electron chi connectivity index (χ2n) is 7.25. The van der Waals surface area contributed by atoms with Crippen LogP contribution in [0.15, 0.2) is 69.9 Å². The normalized spacial score (nSPS) is 12.0. The fourth-order valence-corrected chi connectivity index (χ4v) is 3.51. The van der Waals surface area contributed by atoms with Gasteiger partial charge in [-0.05, 0) is 47.5 Å². The van der Waals surface area contributed by atoms with Crippen molar-refractivity contribution in [3.8, 4) is 11.5 Å². The van der Waals surface area contributed by atoms with Crippen molar-refractivity contribution in [2.45, 2.75) is 19.4 Å². The Hall–Kier alpha value is -3.80. The van der Waals surface area contributed by atoms with Crippen molar-refractivity contribution in [2.75, 3.05) is 14.2 Å². The van der Waals surface area contributed by atoms with Crippen LogP contribution in [0.5, 0.6) is 11.5 Å². The Morgan fingerprint density at radius 2 is 1.58 bits per heavy atom. The van der Waals surface area contributed by atoms with Crippen molar-refractivity contribution in [1.82, 2.24) is 0 Å². The second-order valence-corrected chi connectivity index (χ2v) is 7.25. The molecule has 4 aromatic rings. The number of esters is 1. The Morgan fingerprint density at radius 1 is 0.903 bits per heavy atom. The fraction of sp³-hybridized carbons (Fsp3) is 0.200. The zero-order valence-corrected chi connectivity index (χ0v) is 17.5. The summed E-state index contributed by atoms with van der Waals surface area (Å²) in [6.07, 6.45) is 0. The van der Waals surface area contributed by atoms with Crippen molar-refractivity contribution in [3.63, 3.8) is 0 Å². The first-order chi connectivity index (χ1) is 15.0. The number of methoxy groups -OCH3 is 2. The molecule has 0 aliphatic heterocycles. The van der Waals surface area contributed by atoms with Crippen LogP contribution < -0.4 is 15.1 Å². The lowest BCUT2D eigenvalue weighted by Gasteiger charge is -2.14. The van der Waals surface area contributed by atoms with Gasteiger partial charge in [0.1, 0.15) is 23.7 Å². The minimum Gasteiger partial charge on any atom is -0.497 e. The predicted molar refractivity (Wildman–Crippen MR) is 118 cm³/mol. The fourth-order valence-electron chi connectivity index (χ4n) is 3.51. The van der Waals surface area contributed by atoms with Crippen molar-refractivity contribution in [1.29, 1.82) is 0 Å². The van der Waals surface area contributed by atoms with Crippen molar-refractivity contribution >= 4 is 27.7 Å². The first kappa shape index (κ1) is 20.5. The molecule has 0 saturated heterocycles. The zero-order valence-electron chi connectivity index (χ0n) is 17.5. The molecule has 1 aromatic heterocycles. The number of rotatable bonds is 6. The number of ether oxygens (including phenoxy) is 3. The largest absolute Gasteiger partial charge is 0.497 e. The third kappa shape index (κ3) is 4.23. The van der Waals surface area contributed by atoms with E-state index < -0.39 is 11.5 Å². The van der Waals surface area contributed by atoms with Crippen LogP contribution in [-0.4, -0.2) is 20.2 Å². The van der Waals surface area contributed by atoms with E-state index in [0.717, 1.165) is 22.1 Å². The smallest absolute Gasteiger partial charge is 0.336 e. The van der Waals surface area contributed by atoms with Crippen LogP contribution in [0.25, 0.3) is 21.7 Å². The van der Waals surface area contributed by atoms with E-state index in [1.165, 1.54) is 13.2 Å². The molecule has 0 bridgehead atoms. The lowest BCUT2D eigenvalue weighted by molar-refractivity contribution is -0.146. The molecule has 0 amide bonds. The summed E-state index contributed by atoms with van der Waals surface area (Å²) >= 11 is 0. The van der Waals surface area contributed by atoms with Crippen LogP contribution in [0.1, 0.15) is 24.0 Å². The summed E-state index contributed by atoms with van der Waals surface area (Å²) in [6, 6.07) is 18.2. The highest BCUT2D eigenvalue weighted by Crippen LogP contribution is 2.27. The van der Waals surface area contributed by atoms with Gasteiger partial charge in [-0.3, -0.25) is 4.79 Å². The van der Waals surface area contributed by atoms with Crippen LogP contribution in [0, 0.1) is 0 Å². The lowest BCUT2D eigenvalue weighted by Crippen LogP contribution is -2.14. The molecule has 158 valence electrons. The van der Waals surface area contributed by atoms with Gasteiger partial charge in [0.2, 0.25) is 0 Å². The van der Waals surface area contributed by atoms with Gasteiger partial charge in [-0.2, -0.15) is 0 Å². The summed E-state index contributed by atoms with van der Waals surface area (Å²) in [7, 11) is 3.17. The summed E-state index contributed by atoms with van der Waals surface area (Å²) in [6.45, 7) is 1.78. The first-order valence-corrected chi connectivity index (χ1v) is 9.83. The average molecular weight is 418 g/mol. The molecular weight excluding hydrogens is 396 g/mol. The topological polar surface area (TPSA) is 75.0 Å². The maximum atomic E-state index is 12.7. The van der Waals surface area contributed by atoms with Crippen LogP contribution in [-0.2, 0) is 16.1 Å². The molecule has 6 nitrogen and oxygen atoms in total. The third-order valence-corrected chi connectivity index (χ3v) is 5.33. The zero-order chi connectivity index (χ0) is 22.0. The van der Waals surface area contributed by atoms with Gasteiger partial charge < -0.3 is 18.6 Å². The monoisotopic (exact) mass is 418 g/mol. The van der Waals surface area contributed by atoms with Crippen molar-refractivity contribution in [2.24, 2.45) is 0 Å². The molecule has 4 rings (SSSR count). The Morgan fingerprint density at radius 3 is 2.35 bits per heavy atom. The number of fused-ring (bicyclic) bond motifs is 2. The molecule has 0 fully saturated rings. The minimum absolute atomic E-state index is 0.0254. The van der Waals surface area contributed by atoms with Gasteiger partial charge in [-0.1, -0.05) is 24.3 Å². The van der Waals surface area contributed by atoms with Crippen molar-refractivity contribution < 1.29 is 23.4 Å². The quantitative estimate of drug-likeness (QED) is 0.330. The van der Waals surface area contributed by atoms with Crippen LogP contribution in [0.2, 0.25) is 0 Å². The molecular formula is C25H22O6. The molecule has 0 spiro atoms. The van der Waals surface area contributed by atoms with Gasteiger partial charge in [-0.15, -0.1) is 0 Å². The Balaban J connectivity index is 1.53. The predicted octanol–water partition coefficient (Wildman–Crippen LogP) is 4.81. The van der Waals surface area contributed by atoms with E-state index in [-0.39, 0.29) is 12.6 Å². The summed E-state index contributed by atoms with van der Waals surface area (Å²) in [4.78, 5) is 24.6. The van der Waals surface area contributed by atoms with E-state index in [1.807, 2.05) is 36.4 Å². The number of hydrogen-bond donors (Lipinski definition) is 0. The van der Waals surface area contributed by atoms with Gasteiger partial charge in [0.25, 0.3) is 0 Å². The summed E-state index contributed by atoms with van der Waals surface area (Å²) in [5.41, 5.74) is 1.31. The second kappa shape index (κ2) is 8.52. The Kier molecular flexibility index (Phi) is 5.62. The summed E-state index contributed by atoms with van der Waals surface area (Å²) < 4.78 is 21.2. The van der Waals surface area contributed by atoms with E-state index >= 15 is 0 Å².